The summed E-state index contributed by atoms with van der Waals surface area (Å²) in [6.45, 7) is 10.8. The van der Waals surface area contributed by atoms with Crippen molar-refractivity contribution >= 4 is 6.09 Å². The summed E-state index contributed by atoms with van der Waals surface area (Å²) in [4.78, 5) is 13.9. The predicted octanol–water partition coefficient (Wildman–Crippen LogP) is 1.60. The SMILES string of the molecule is CC1NC2CN(C(=O)OC(C)(C)C)C1C2C. The van der Waals surface area contributed by atoms with Crippen LogP contribution in [0.5, 0.6) is 0 Å². The van der Waals surface area contributed by atoms with Crippen LogP contribution in [0.3, 0.4) is 0 Å². The lowest BCUT2D eigenvalue weighted by Gasteiger charge is -2.33. The van der Waals surface area contributed by atoms with Gasteiger partial charge >= 0.3 is 6.09 Å². The molecule has 0 aromatic rings. The van der Waals surface area contributed by atoms with Crippen molar-refractivity contribution in [1.29, 1.82) is 0 Å². The summed E-state index contributed by atoms with van der Waals surface area (Å²) in [5.41, 5.74) is -0.404. The van der Waals surface area contributed by atoms with Crippen molar-refractivity contribution in [1.82, 2.24) is 10.2 Å². The smallest absolute Gasteiger partial charge is 0.410 e. The third-order valence-corrected chi connectivity index (χ3v) is 3.54. The Morgan fingerprint density at radius 1 is 1.38 bits per heavy atom. The highest BCUT2D eigenvalue weighted by Crippen LogP contribution is 2.34. The number of hydrogen-bond acceptors (Lipinski definition) is 3. The molecular weight excluding hydrogens is 204 g/mol. The molecule has 0 aromatic heterocycles. The van der Waals surface area contributed by atoms with Gasteiger partial charge in [-0.25, -0.2) is 4.79 Å². The van der Waals surface area contributed by atoms with Crippen molar-refractivity contribution in [3.8, 4) is 0 Å². The minimum absolute atomic E-state index is 0.166. The van der Waals surface area contributed by atoms with E-state index < -0.39 is 5.60 Å². The molecule has 0 spiro atoms. The maximum atomic E-state index is 12.0. The summed E-state index contributed by atoms with van der Waals surface area (Å²) in [7, 11) is 0. The molecule has 4 heteroatoms. The lowest BCUT2D eigenvalue weighted by molar-refractivity contribution is 0.0161. The predicted molar refractivity (Wildman–Crippen MR) is 62.3 cm³/mol. The van der Waals surface area contributed by atoms with Gasteiger partial charge in [0.25, 0.3) is 0 Å². The second-order valence-electron chi connectivity index (χ2n) is 6.04. The van der Waals surface area contributed by atoms with Crippen molar-refractivity contribution in [2.24, 2.45) is 5.92 Å². The molecule has 2 rings (SSSR count). The van der Waals surface area contributed by atoms with Crippen LogP contribution in [0.1, 0.15) is 34.6 Å². The standard InChI is InChI=1S/C12H22N2O2/c1-7-9-6-14(10(7)8(2)13-9)11(15)16-12(3,4)5/h7-10,13H,6H2,1-5H3. The summed E-state index contributed by atoms with van der Waals surface area (Å²) in [5.74, 6) is 0.530. The van der Waals surface area contributed by atoms with Crippen LogP contribution >= 0.6 is 0 Å². The third kappa shape index (κ3) is 1.90. The summed E-state index contributed by atoms with van der Waals surface area (Å²) in [5, 5.41) is 3.50. The molecule has 92 valence electrons. The molecule has 0 aliphatic carbocycles. The van der Waals surface area contributed by atoms with Gasteiger partial charge in [0.15, 0.2) is 0 Å². The molecular formula is C12H22N2O2. The van der Waals surface area contributed by atoms with Crippen LogP contribution < -0.4 is 5.32 Å². The average Bonchev–Trinajstić information content (AvgIpc) is 2.54. The molecule has 0 aromatic carbocycles. The lowest BCUT2D eigenvalue weighted by Crippen LogP contribution is -2.52. The zero-order valence-electron chi connectivity index (χ0n) is 10.8. The Morgan fingerprint density at radius 2 is 2.00 bits per heavy atom. The van der Waals surface area contributed by atoms with Crippen molar-refractivity contribution < 1.29 is 9.53 Å². The Hall–Kier alpha value is -0.770. The van der Waals surface area contributed by atoms with Crippen molar-refractivity contribution in [2.45, 2.75) is 58.3 Å². The van der Waals surface area contributed by atoms with E-state index in [9.17, 15) is 4.79 Å². The Bertz CT molecular complexity index is 298. The number of piperazine rings is 1. The maximum Gasteiger partial charge on any atom is 0.410 e. The highest BCUT2D eigenvalue weighted by Gasteiger charge is 2.51. The molecule has 4 unspecified atom stereocenters. The van der Waals surface area contributed by atoms with Crippen LogP contribution in [-0.4, -0.2) is 41.3 Å². The summed E-state index contributed by atoms with van der Waals surface area (Å²) in [6.07, 6.45) is -0.166. The monoisotopic (exact) mass is 226 g/mol. The second-order valence-corrected chi connectivity index (χ2v) is 6.04. The van der Waals surface area contributed by atoms with Crippen LogP contribution in [0.4, 0.5) is 4.79 Å². The molecule has 4 atom stereocenters. The summed E-state index contributed by atoms with van der Waals surface area (Å²) >= 11 is 0. The number of nitrogens with one attached hydrogen (secondary N) is 1. The highest BCUT2D eigenvalue weighted by molar-refractivity contribution is 5.69. The van der Waals surface area contributed by atoms with Crippen LogP contribution in [0.15, 0.2) is 0 Å². The average molecular weight is 226 g/mol. The van der Waals surface area contributed by atoms with E-state index in [0.29, 0.717) is 24.0 Å². The van der Waals surface area contributed by atoms with Crippen LogP contribution in [0, 0.1) is 5.92 Å². The fraction of sp³-hybridized carbons (Fsp3) is 0.917. The van der Waals surface area contributed by atoms with Gasteiger partial charge in [-0.05, 0) is 33.6 Å². The number of amides is 1. The molecule has 16 heavy (non-hydrogen) atoms. The van der Waals surface area contributed by atoms with Gasteiger partial charge in [-0.2, -0.15) is 0 Å². The molecule has 0 saturated carbocycles. The number of hydrogen-bond donors (Lipinski definition) is 1. The van der Waals surface area contributed by atoms with Gasteiger partial charge in [-0.1, -0.05) is 6.92 Å². The number of rotatable bonds is 0. The largest absolute Gasteiger partial charge is 0.444 e. The molecule has 1 amide bonds. The Labute approximate surface area is 97.3 Å². The lowest BCUT2D eigenvalue weighted by atomic mass is 10.0. The van der Waals surface area contributed by atoms with Gasteiger partial charge in [0.2, 0.25) is 0 Å². The topological polar surface area (TPSA) is 41.6 Å². The number of carbonyl (C=O) groups excluding carboxylic acids is 1. The second kappa shape index (κ2) is 3.62. The minimum Gasteiger partial charge on any atom is -0.444 e. The van der Waals surface area contributed by atoms with Gasteiger partial charge in [-0.15, -0.1) is 0 Å². The van der Waals surface area contributed by atoms with Crippen LogP contribution in [0.2, 0.25) is 0 Å². The molecule has 2 aliphatic rings. The minimum atomic E-state index is -0.404. The molecule has 2 heterocycles. The molecule has 2 saturated heterocycles. The third-order valence-electron chi connectivity index (χ3n) is 3.54. The van der Waals surface area contributed by atoms with E-state index in [-0.39, 0.29) is 6.09 Å². The molecule has 2 aliphatic heterocycles. The van der Waals surface area contributed by atoms with Gasteiger partial charge in [0.1, 0.15) is 5.60 Å². The number of ether oxygens (including phenoxy) is 1. The van der Waals surface area contributed by atoms with Gasteiger partial charge in [0.05, 0.1) is 6.04 Å². The first-order valence-electron chi connectivity index (χ1n) is 6.05. The van der Waals surface area contributed by atoms with E-state index in [4.69, 9.17) is 4.74 Å². The maximum absolute atomic E-state index is 12.0. The Kier molecular flexibility index (Phi) is 2.65. The van der Waals surface area contributed by atoms with Gasteiger partial charge < -0.3 is 15.0 Å². The first-order chi connectivity index (χ1) is 7.29. The Balaban J connectivity index is 2.05. The first kappa shape index (κ1) is 11.7. The fourth-order valence-corrected chi connectivity index (χ4v) is 2.90. The van der Waals surface area contributed by atoms with Crippen molar-refractivity contribution in [3.63, 3.8) is 0 Å². The molecule has 2 bridgehead atoms. The fourth-order valence-electron chi connectivity index (χ4n) is 2.90. The first-order valence-corrected chi connectivity index (χ1v) is 6.05. The van der Waals surface area contributed by atoms with E-state index in [2.05, 4.69) is 19.2 Å². The van der Waals surface area contributed by atoms with E-state index in [1.807, 2.05) is 25.7 Å². The molecule has 4 nitrogen and oxygen atoms in total. The van der Waals surface area contributed by atoms with Crippen LogP contribution in [0.25, 0.3) is 0 Å². The summed E-state index contributed by atoms with van der Waals surface area (Å²) in [6, 6.07) is 1.11. The number of likely N-dealkylation sites (tertiary alicyclic amines) is 1. The normalized spacial score (nSPS) is 37.9. The van der Waals surface area contributed by atoms with E-state index in [1.54, 1.807) is 0 Å². The van der Waals surface area contributed by atoms with E-state index >= 15 is 0 Å². The van der Waals surface area contributed by atoms with Gasteiger partial charge in [0, 0.05) is 18.6 Å². The molecule has 1 N–H and O–H groups in total. The molecule has 0 radical (unpaired) electrons. The van der Waals surface area contributed by atoms with Crippen molar-refractivity contribution in [2.75, 3.05) is 6.54 Å². The van der Waals surface area contributed by atoms with E-state index in [1.165, 1.54) is 0 Å². The summed E-state index contributed by atoms with van der Waals surface area (Å²) < 4.78 is 5.43. The quantitative estimate of drug-likeness (QED) is 0.682. The van der Waals surface area contributed by atoms with Gasteiger partial charge in [-0.3, -0.25) is 0 Å². The Morgan fingerprint density at radius 3 is 2.44 bits per heavy atom. The number of carbonyl (C=O) groups is 1. The van der Waals surface area contributed by atoms with Crippen molar-refractivity contribution in [3.05, 3.63) is 0 Å². The zero-order chi connectivity index (χ0) is 12.1. The molecule has 2 fully saturated rings. The number of fused-ring (bicyclic) bond motifs is 2. The highest BCUT2D eigenvalue weighted by atomic mass is 16.6. The zero-order valence-corrected chi connectivity index (χ0v) is 10.8. The van der Waals surface area contributed by atoms with E-state index in [0.717, 1.165) is 6.54 Å². The number of nitrogens with zero attached hydrogens (tertiary/aromatic N) is 1. The van der Waals surface area contributed by atoms with Crippen LogP contribution in [-0.2, 0) is 4.74 Å².